The summed E-state index contributed by atoms with van der Waals surface area (Å²) in [7, 11) is 0. The zero-order valence-electron chi connectivity index (χ0n) is 16.3. The quantitative estimate of drug-likeness (QED) is 0.653. The van der Waals surface area contributed by atoms with E-state index < -0.39 is 0 Å². The van der Waals surface area contributed by atoms with Gasteiger partial charge in [-0.3, -0.25) is 9.69 Å². The van der Waals surface area contributed by atoms with E-state index in [2.05, 4.69) is 32.0 Å². The van der Waals surface area contributed by atoms with Gasteiger partial charge in [0, 0.05) is 26.2 Å². The fourth-order valence-corrected chi connectivity index (χ4v) is 4.37. The van der Waals surface area contributed by atoms with Crippen LogP contribution in [0.4, 0.5) is 0 Å². The van der Waals surface area contributed by atoms with Crippen molar-refractivity contribution in [1.82, 2.24) is 30.0 Å². The van der Waals surface area contributed by atoms with Crippen LogP contribution < -0.4 is 12.4 Å². The van der Waals surface area contributed by atoms with Crippen molar-refractivity contribution in [3.63, 3.8) is 0 Å². The van der Waals surface area contributed by atoms with Crippen LogP contribution in [0.3, 0.4) is 0 Å². The maximum Gasteiger partial charge on any atom is 0.289 e. The van der Waals surface area contributed by atoms with Gasteiger partial charge < -0.3 is 21.7 Å². The van der Waals surface area contributed by atoms with Crippen LogP contribution in [0.25, 0.3) is 0 Å². The summed E-state index contributed by atoms with van der Waals surface area (Å²) < 4.78 is 7.34. The van der Waals surface area contributed by atoms with Gasteiger partial charge in [-0.1, -0.05) is 26.2 Å². The molecule has 154 valence electrons. The Labute approximate surface area is 171 Å². The minimum Gasteiger partial charge on any atom is -1.00 e. The van der Waals surface area contributed by atoms with Crippen LogP contribution in [0.5, 0.6) is 0 Å². The number of aromatic nitrogens is 4. The summed E-state index contributed by atoms with van der Waals surface area (Å²) in [4.78, 5) is 16.8. The average Bonchev–Trinajstić information content (AvgIpc) is 3.47. The van der Waals surface area contributed by atoms with Gasteiger partial charge in [-0.2, -0.15) is 0 Å². The molecule has 1 unspecified atom stereocenters. The van der Waals surface area contributed by atoms with Crippen molar-refractivity contribution < 1.29 is 21.6 Å². The molecule has 1 aliphatic heterocycles. The number of hydrogen-bond donors (Lipinski definition) is 0. The molecule has 0 spiro atoms. The van der Waals surface area contributed by atoms with E-state index in [-0.39, 0.29) is 24.4 Å². The number of hydrogen-bond acceptors (Lipinski definition) is 6. The highest BCUT2D eigenvalue weighted by atomic mass is 35.5. The van der Waals surface area contributed by atoms with Gasteiger partial charge in [0.05, 0.1) is 18.3 Å². The third kappa shape index (κ3) is 4.22. The fraction of sp³-hybridized carbons (Fsp3) is 0.684. The predicted molar refractivity (Wildman–Crippen MR) is 99.2 cm³/mol. The van der Waals surface area contributed by atoms with E-state index in [1.54, 1.807) is 18.4 Å². The molecule has 0 radical (unpaired) electrons. The van der Waals surface area contributed by atoms with Crippen LogP contribution >= 0.6 is 0 Å². The minimum absolute atomic E-state index is 0. The molecule has 4 rings (SSSR count). The van der Waals surface area contributed by atoms with E-state index in [1.165, 1.54) is 25.7 Å². The van der Waals surface area contributed by atoms with Crippen molar-refractivity contribution in [2.45, 2.75) is 57.5 Å². The molecule has 9 heteroatoms. The lowest BCUT2D eigenvalue weighted by Gasteiger charge is -2.38. The minimum atomic E-state index is -0.0255. The molecule has 0 aromatic carbocycles. The second kappa shape index (κ2) is 9.52. The van der Waals surface area contributed by atoms with Gasteiger partial charge in [0.2, 0.25) is 0 Å². The first-order chi connectivity index (χ1) is 13.3. The van der Waals surface area contributed by atoms with Crippen LogP contribution in [-0.2, 0) is 0 Å². The molecule has 2 aliphatic rings. The van der Waals surface area contributed by atoms with Crippen molar-refractivity contribution in [2.75, 3.05) is 26.2 Å². The maximum atomic E-state index is 12.5. The largest absolute Gasteiger partial charge is 1.00 e. The van der Waals surface area contributed by atoms with Gasteiger partial charge in [-0.05, 0) is 41.8 Å². The van der Waals surface area contributed by atoms with E-state index in [0.29, 0.717) is 24.9 Å². The Bertz CT molecular complexity index is 735. The summed E-state index contributed by atoms with van der Waals surface area (Å²) in [5, 5.41) is 12.7. The third-order valence-corrected chi connectivity index (χ3v) is 5.82. The number of amides is 1. The molecule has 0 bridgehead atoms. The third-order valence-electron chi connectivity index (χ3n) is 5.82. The summed E-state index contributed by atoms with van der Waals surface area (Å²) in [6.07, 6.45) is 8.51. The summed E-state index contributed by atoms with van der Waals surface area (Å²) in [5.41, 5.74) is 0. The number of carbonyl (C=O) groups is 1. The van der Waals surface area contributed by atoms with Crippen LogP contribution in [-0.4, -0.2) is 62.1 Å². The Morgan fingerprint density at radius 1 is 1.25 bits per heavy atom. The Balaban J connectivity index is 0.00000225. The Hall–Kier alpha value is -1.93. The standard InChI is InChI=1S/C19H28N6O2.ClH/c1-2-6-16(18-20-21-22-25(18)15-7-3-4-8-15)23-10-12-24(13-11-23)19(26)17-9-5-14-27-17;/h5,9,14-16H,2-4,6-8,10-13H2,1H3;1H/p-1. The van der Waals surface area contributed by atoms with Crippen LogP contribution in [0, 0.1) is 0 Å². The van der Waals surface area contributed by atoms with E-state index in [4.69, 9.17) is 4.42 Å². The number of halogens is 1. The van der Waals surface area contributed by atoms with Gasteiger partial charge in [0.15, 0.2) is 11.6 Å². The first kappa shape index (κ1) is 20.8. The van der Waals surface area contributed by atoms with Gasteiger partial charge in [0.25, 0.3) is 5.91 Å². The lowest BCUT2D eigenvalue weighted by Crippen LogP contribution is -3.00. The zero-order chi connectivity index (χ0) is 18.6. The molecule has 2 fully saturated rings. The Morgan fingerprint density at radius 2 is 2.00 bits per heavy atom. The van der Waals surface area contributed by atoms with Gasteiger partial charge in [0.1, 0.15) is 0 Å². The number of carbonyl (C=O) groups excluding carboxylic acids is 1. The van der Waals surface area contributed by atoms with Crippen molar-refractivity contribution in [2.24, 2.45) is 0 Å². The number of tetrazole rings is 1. The van der Waals surface area contributed by atoms with Gasteiger partial charge in [-0.25, -0.2) is 4.68 Å². The second-order valence-corrected chi connectivity index (χ2v) is 7.53. The highest BCUT2D eigenvalue weighted by Gasteiger charge is 2.32. The summed E-state index contributed by atoms with van der Waals surface area (Å²) >= 11 is 0. The smallest absolute Gasteiger partial charge is 0.289 e. The molecule has 1 amide bonds. The summed E-state index contributed by atoms with van der Waals surface area (Å²) in [6, 6.07) is 4.14. The number of furan rings is 1. The first-order valence-corrected chi connectivity index (χ1v) is 10.1. The molecule has 0 N–H and O–H groups in total. The highest BCUT2D eigenvalue weighted by Crippen LogP contribution is 2.33. The van der Waals surface area contributed by atoms with E-state index in [9.17, 15) is 4.79 Å². The fourth-order valence-electron chi connectivity index (χ4n) is 4.37. The normalized spacial score (nSPS) is 19.5. The highest BCUT2D eigenvalue weighted by molar-refractivity contribution is 5.91. The van der Waals surface area contributed by atoms with Crippen LogP contribution in [0.1, 0.15) is 73.9 Å². The average molecular weight is 408 g/mol. The van der Waals surface area contributed by atoms with Crippen molar-refractivity contribution in [3.05, 3.63) is 30.0 Å². The molecule has 1 atom stereocenters. The van der Waals surface area contributed by atoms with Crippen molar-refractivity contribution >= 4 is 5.91 Å². The molecular formula is C19H28ClN6O2-. The molecule has 8 nitrogen and oxygen atoms in total. The molecule has 1 saturated heterocycles. The monoisotopic (exact) mass is 407 g/mol. The molecule has 3 heterocycles. The van der Waals surface area contributed by atoms with E-state index in [0.717, 1.165) is 31.8 Å². The Morgan fingerprint density at radius 3 is 2.64 bits per heavy atom. The van der Waals surface area contributed by atoms with E-state index in [1.807, 2.05) is 4.90 Å². The predicted octanol–water partition coefficient (Wildman–Crippen LogP) is -0.316. The molecule has 2 aromatic rings. The molecular weight excluding hydrogens is 380 g/mol. The topological polar surface area (TPSA) is 80.3 Å². The van der Waals surface area contributed by atoms with Gasteiger partial charge in [-0.15, -0.1) is 5.10 Å². The second-order valence-electron chi connectivity index (χ2n) is 7.53. The summed E-state index contributed by atoms with van der Waals surface area (Å²) in [6.45, 7) is 5.26. The number of nitrogens with zero attached hydrogens (tertiary/aromatic N) is 6. The van der Waals surface area contributed by atoms with E-state index >= 15 is 0 Å². The number of rotatable bonds is 6. The Kier molecular flexibility index (Phi) is 7.07. The first-order valence-electron chi connectivity index (χ1n) is 10.1. The lowest BCUT2D eigenvalue weighted by atomic mass is 10.1. The van der Waals surface area contributed by atoms with Gasteiger partial charge >= 0.3 is 0 Å². The summed E-state index contributed by atoms with van der Waals surface area (Å²) in [5.74, 6) is 1.38. The SMILES string of the molecule is CCCC(c1nnnn1C1CCCC1)N1CCN(C(=O)c2ccco2)CC1.[Cl-]. The zero-order valence-corrected chi connectivity index (χ0v) is 17.1. The van der Waals surface area contributed by atoms with Crippen LogP contribution in [0.2, 0.25) is 0 Å². The molecule has 28 heavy (non-hydrogen) atoms. The van der Waals surface area contributed by atoms with Crippen LogP contribution in [0.15, 0.2) is 22.8 Å². The molecule has 1 saturated carbocycles. The molecule has 2 aromatic heterocycles. The molecule has 1 aliphatic carbocycles. The van der Waals surface area contributed by atoms with Crippen molar-refractivity contribution in [3.8, 4) is 0 Å². The maximum absolute atomic E-state index is 12.5. The number of piperazine rings is 1. The van der Waals surface area contributed by atoms with Crippen molar-refractivity contribution in [1.29, 1.82) is 0 Å². The lowest BCUT2D eigenvalue weighted by molar-refractivity contribution is -0.0000167.